The van der Waals surface area contributed by atoms with Gasteiger partial charge in [0.1, 0.15) is 17.3 Å². The maximum Gasteiger partial charge on any atom is 0.266 e. The monoisotopic (exact) mass is 316 g/mol. The largest absolute Gasteiger partial charge is 0.346 e. The van der Waals surface area contributed by atoms with Crippen LogP contribution in [0.2, 0.25) is 0 Å². The van der Waals surface area contributed by atoms with Gasteiger partial charge < -0.3 is 10.3 Å². The lowest BCUT2D eigenvalue weighted by atomic mass is 10.1. The van der Waals surface area contributed by atoms with Crippen LogP contribution in [0.25, 0.3) is 17.1 Å². The van der Waals surface area contributed by atoms with Crippen molar-refractivity contribution in [3.8, 4) is 6.07 Å². The number of nitrogens with zero attached hydrogens (tertiary/aromatic N) is 2. The molecule has 3 rings (SSSR count). The van der Waals surface area contributed by atoms with Gasteiger partial charge in [-0.25, -0.2) is 4.98 Å². The summed E-state index contributed by atoms with van der Waals surface area (Å²) in [5.41, 5.74) is 4.29. The van der Waals surface area contributed by atoms with Gasteiger partial charge in [0.15, 0.2) is 0 Å². The number of fused-ring (bicyclic) bond motifs is 1. The van der Waals surface area contributed by atoms with Crippen molar-refractivity contribution in [1.29, 1.82) is 5.26 Å². The molecule has 118 valence electrons. The number of pyridine rings is 1. The molecule has 5 heteroatoms. The number of amides is 1. The van der Waals surface area contributed by atoms with Gasteiger partial charge in [0, 0.05) is 29.0 Å². The first-order valence-corrected chi connectivity index (χ1v) is 7.51. The molecular weight excluding hydrogens is 300 g/mol. The first-order valence-electron chi connectivity index (χ1n) is 7.51. The van der Waals surface area contributed by atoms with Crippen LogP contribution in [0.15, 0.2) is 48.3 Å². The molecule has 0 spiro atoms. The molecule has 5 nitrogen and oxygen atoms in total. The van der Waals surface area contributed by atoms with E-state index in [2.05, 4.69) is 15.3 Å². The van der Waals surface area contributed by atoms with Crippen LogP contribution in [0.1, 0.15) is 16.7 Å². The highest BCUT2D eigenvalue weighted by molar-refractivity contribution is 6.10. The minimum Gasteiger partial charge on any atom is -0.346 e. The molecule has 24 heavy (non-hydrogen) atoms. The number of hydrogen-bond acceptors (Lipinski definition) is 3. The molecule has 0 saturated heterocycles. The first kappa shape index (κ1) is 15.5. The van der Waals surface area contributed by atoms with Crippen molar-refractivity contribution in [3.05, 3.63) is 65.0 Å². The molecule has 2 N–H and O–H groups in total. The molecule has 3 aromatic rings. The van der Waals surface area contributed by atoms with E-state index in [0.717, 1.165) is 27.7 Å². The van der Waals surface area contributed by atoms with Gasteiger partial charge in [-0.2, -0.15) is 5.26 Å². The summed E-state index contributed by atoms with van der Waals surface area (Å²) in [5.74, 6) is -0.426. The van der Waals surface area contributed by atoms with Crippen LogP contribution in [0.5, 0.6) is 0 Å². The Morgan fingerprint density at radius 3 is 2.92 bits per heavy atom. The minimum absolute atomic E-state index is 0.0423. The van der Waals surface area contributed by atoms with Crippen molar-refractivity contribution in [2.45, 2.75) is 13.8 Å². The molecule has 0 atom stereocenters. The Morgan fingerprint density at radius 1 is 1.29 bits per heavy atom. The highest BCUT2D eigenvalue weighted by Crippen LogP contribution is 2.21. The van der Waals surface area contributed by atoms with Gasteiger partial charge >= 0.3 is 0 Å². The zero-order chi connectivity index (χ0) is 17.1. The van der Waals surface area contributed by atoms with Crippen molar-refractivity contribution in [1.82, 2.24) is 9.97 Å². The standard InChI is InChI=1S/C19H16N4O/c1-12-5-3-7-17(13(12)2)23-19(24)14(10-20)9-15-11-22-18-16(15)6-4-8-21-18/h3-9,11H,1-2H3,(H,21,22)(H,23,24)/b14-9+. The van der Waals surface area contributed by atoms with Crippen LogP contribution < -0.4 is 5.32 Å². The molecule has 2 heterocycles. The Kier molecular flexibility index (Phi) is 4.13. The molecule has 2 aromatic heterocycles. The van der Waals surface area contributed by atoms with E-state index < -0.39 is 5.91 Å². The molecule has 0 saturated carbocycles. The molecule has 0 fully saturated rings. The average Bonchev–Trinajstić information content (AvgIpc) is 3.00. The number of carbonyl (C=O) groups is 1. The average molecular weight is 316 g/mol. The third kappa shape index (κ3) is 2.90. The number of aromatic nitrogens is 2. The highest BCUT2D eigenvalue weighted by atomic mass is 16.1. The van der Waals surface area contributed by atoms with E-state index in [1.807, 2.05) is 50.2 Å². The molecule has 0 unspecified atom stereocenters. The van der Waals surface area contributed by atoms with Gasteiger partial charge in [-0.3, -0.25) is 4.79 Å². The highest BCUT2D eigenvalue weighted by Gasteiger charge is 2.12. The van der Waals surface area contributed by atoms with Crippen molar-refractivity contribution in [3.63, 3.8) is 0 Å². The Balaban J connectivity index is 1.92. The number of aromatic amines is 1. The Hall–Kier alpha value is -3.39. The quantitative estimate of drug-likeness (QED) is 0.570. The second-order valence-corrected chi connectivity index (χ2v) is 5.51. The lowest BCUT2D eigenvalue weighted by molar-refractivity contribution is -0.112. The fraction of sp³-hybridized carbons (Fsp3) is 0.105. The summed E-state index contributed by atoms with van der Waals surface area (Å²) in [5, 5.41) is 13.0. The minimum atomic E-state index is -0.426. The van der Waals surface area contributed by atoms with Crippen molar-refractivity contribution >= 4 is 28.7 Å². The van der Waals surface area contributed by atoms with Crippen LogP contribution in [-0.2, 0) is 4.79 Å². The SMILES string of the molecule is Cc1cccc(NC(=O)/C(C#N)=C/c2c[nH]c3ncccc23)c1C. The number of H-pyrrole nitrogens is 1. The van der Waals surface area contributed by atoms with Crippen LogP contribution in [0.3, 0.4) is 0 Å². The number of nitriles is 1. The second kappa shape index (κ2) is 6.39. The predicted octanol–water partition coefficient (Wildman–Crippen LogP) is 3.73. The number of rotatable bonds is 3. The number of hydrogen-bond donors (Lipinski definition) is 2. The van der Waals surface area contributed by atoms with E-state index in [-0.39, 0.29) is 5.57 Å². The molecule has 0 aliphatic rings. The fourth-order valence-corrected chi connectivity index (χ4v) is 2.48. The van der Waals surface area contributed by atoms with Gasteiger partial charge in [0.05, 0.1) is 0 Å². The zero-order valence-corrected chi connectivity index (χ0v) is 13.4. The summed E-state index contributed by atoms with van der Waals surface area (Å²) in [6.07, 6.45) is 4.99. The van der Waals surface area contributed by atoms with Crippen molar-refractivity contribution in [2.75, 3.05) is 5.32 Å². The Morgan fingerprint density at radius 2 is 2.12 bits per heavy atom. The molecule has 0 aliphatic carbocycles. The number of anilines is 1. The molecule has 1 aromatic carbocycles. The predicted molar refractivity (Wildman–Crippen MR) is 94.2 cm³/mol. The molecule has 0 bridgehead atoms. The van der Waals surface area contributed by atoms with Gasteiger partial charge in [-0.05, 0) is 49.2 Å². The number of benzene rings is 1. The number of aryl methyl sites for hydroxylation is 1. The number of nitrogens with one attached hydrogen (secondary N) is 2. The van der Waals surface area contributed by atoms with Crippen LogP contribution >= 0.6 is 0 Å². The van der Waals surface area contributed by atoms with Gasteiger partial charge in [0.2, 0.25) is 0 Å². The van der Waals surface area contributed by atoms with Crippen molar-refractivity contribution < 1.29 is 4.79 Å². The van der Waals surface area contributed by atoms with E-state index in [4.69, 9.17) is 0 Å². The summed E-state index contributed by atoms with van der Waals surface area (Å²) < 4.78 is 0. The smallest absolute Gasteiger partial charge is 0.266 e. The Bertz CT molecular complexity index is 992. The lowest BCUT2D eigenvalue weighted by Gasteiger charge is -2.09. The van der Waals surface area contributed by atoms with Crippen LogP contribution in [0, 0.1) is 25.2 Å². The van der Waals surface area contributed by atoms with Gasteiger partial charge in [-0.15, -0.1) is 0 Å². The molecule has 0 radical (unpaired) electrons. The zero-order valence-electron chi connectivity index (χ0n) is 13.4. The van der Waals surface area contributed by atoms with Crippen molar-refractivity contribution in [2.24, 2.45) is 0 Å². The topological polar surface area (TPSA) is 81.6 Å². The first-order chi connectivity index (χ1) is 11.6. The van der Waals surface area contributed by atoms with E-state index in [1.165, 1.54) is 0 Å². The van der Waals surface area contributed by atoms with E-state index in [9.17, 15) is 10.1 Å². The second-order valence-electron chi connectivity index (χ2n) is 5.51. The summed E-state index contributed by atoms with van der Waals surface area (Å²) in [6.45, 7) is 3.91. The fourth-order valence-electron chi connectivity index (χ4n) is 2.48. The third-order valence-electron chi connectivity index (χ3n) is 4.00. The molecule has 0 aliphatic heterocycles. The van der Waals surface area contributed by atoms with E-state index in [0.29, 0.717) is 5.69 Å². The summed E-state index contributed by atoms with van der Waals surface area (Å²) >= 11 is 0. The number of carbonyl (C=O) groups excluding carboxylic acids is 1. The van der Waals surface area contributed by atoms with Crippen LogP contribution in [0.4, 0.5) is 5.69 Å². The maximum atomic E-state index is 12.4. The third-order valence-corrected chi connectivity index (χ3v) is 4.00. The van der Waals surface area contributed by atoms with Gasteiger partial charge in [0.25, 0.3) is 5.91 Å². The molecular formula is C19H16N4O. The lowest BCUT2D eigenvalue weighted by Crippen LogP contribution is -2.14. The molecule has 1 amide bonds. The summed E-state index contributed by atoms with van der Waals surface area (Å²) in [4.78, 5) is 19.7. The summed E-state index contributed by atoms with van der Waals surface area (Å²) in [6, 6.07) is 11.4. The van der Waals surface area contributed by atoms with Crippen LogP contribution in [-0.4, -0.2) is 15.9 Å². The maximum absolute atomic E-state index is 12.4. The normalized spacial score (nSPS) is 11.3. The van der Waals surface area contributed by atoms with Gasteiger partial charge in [-0.1, -0.05) is 12.1 Å². The Labute approximate surface area is 139 Å². The van der Waals surface area contributed by atoms with E-state index >= 15 is 0 Å². The van der Waals surface area contributed by atoms with E-state index in [1.54, 1.807) is 18.5 Å². The summed E-state index contributed by atoms with van der Waals surface area (Å²) in [7, 11) is 0.